The van der Waals surface area contributed by atoms with E-state index >= 15 is 0 Å². The van der Waals surface area contributed by atoms with Crippen LogP contribution in [0, 0.1) is 11.8 Å². The van der Waals surface area contributed by atoms with Gasteiger partial charge in [-0.2, -0.15) is 9.61 Å². The Morgan fingerprint density at radius 3 is 2.60 bits per heavy atom. The van der Waals surface area contributed by atoms with Crippen LogP contribution < -0.4 is 5.73 Å². The molecule has 2 N–H and O–H groups in total. The van der Waals surface area contributed by atoms with E-state index in [2.05, 4.69) is 31.0 Å². The molecule has 2 aliphatic carbocycles. The molecule has 20 heavy (non-hydrogen) atoms. The molecular weight excluding hydrogens is 270 g/mol. The van der Waals surface area contributed by atoms with Crippen LogP contribution in [-0.4, -0.2) is 25.9 Å². The van der Waals surface area contributed by atoms with Crippen LogP contribution in [-0.2, 0) is 5.41 Å². The molecule has 2 heterocycles. The maximum absolute atomic E-state index is 6.43. The van der Waals surface area contributed by atoms with E-state index < -0.39 is 0 Å². The summed E-state index contributed by atoms with van der Waals surface area (Å²) in [5.74, 6) is 2.82. The Hall–Kier alpha value is -1.01. The zero-order valence-electron chi connectivity index (χ0n) is 12.2. The van der Waals surface area contributed by atoms with Crippen molar-refractivity contribution in [3.63, 3.8) is 0 Å². The number of hydrogen-bond donors (Lipinski definition) is 1. The molecule has 5 nitrogen and oxygen atoms in total. The summed E-state index contributed by atoms with van der Waals surface area (Å²) in [4.78, 5) is 0.903. The maximum atomic E-state index is 6.43. The minimum atomic E-state index is -0.0401. The minimum Gasteiger partial charge on any atom is -0.327 e. The second-order valence-electron chi connectivity index (χ2n) is 7.34. The normalized spacial score (nSPS) is 33.4. The molecular formula is C14H21N5S. The van der Waals surface area contributed by atoms with Gasteiger partial charge in [-0.15, -0.1) is 10.2 Å². The molecule has 0 amide bonds. The molecule has 0 radical (unpaired) electrons. The summed E-state index contributed by atoms with van der Waals surface area (Å²) >= 11 is 1.67. The van der Waals surface area contributed by atoms with Gasteiger partial charge in [-0.3, -0.25) is 0 Å². The van der Waals surface area contributed by atoms with Crippen LogP contribution in [0.25, 0.3) is 4.96 Å². The van der Waals surface area contributed by atoms with Crippen LogP contribution in [0.5, 0.6) is 0 Å². The SMILES string of the molecule is CC(C)(C)c1nnc2sc(C3C4CCC(C4)C3N)nn12. The molecule has 2 fully saturated rings. The maximum Gasteiger partial charge on any atom is 0.234 e. The second kappa shape index (κ2) is 4.01. The van der Waals surface area contributed by atoms with Crippen molar-refractivity contribution in [1.82, 2.24) is 19.8 Å². The van der Waals surface area contributed by atoms with Crippen molar-refractivity contribution in [2.45, 2.75) is 57.4 Å². The molecule has 2 aliphatic rings. The first-order valence-electron chi connectivity index (χ1n) is 7.43. The first kappa shape index (κ1) is 12.7. The first-order valence-corrected chi connectivity index (χ1v) is 8.25. The summed E-state index contributed by atoms with van der Waals surface area (Å²) in [5, 5.41) is 14.6. The summed E-state index contributed by atoms with van der Waals surface area (Å²) in [6, 6.07) is 0.288. The van der Waals surface area contributed by atoms with E-state index in [-0.39, 0.29) is 11.5 Å². The number of hydrogen-bond acceptors (Lipinski definition) is 5. The average Bonchev–Trinajstić information content (AvgIpc) is 3.03. The van der Waals surface area contributed by atoms with E-state index in [0.29, 0.717) is 11.8 Å². The van der Waals surface area contributed by atoms with Crippen molar-refractivity contribution in [3.05, 3.63) is 10.8 Å². The highest BCUT2D eigenvalue weighted by Gasteiger charge is 2.48. The van der Waals surface area contributed by atoms with Gasteiger partial charge in [0, 0.05) is 17.4 Å². The molecule has 0 aliphatic heterocycles. The third-order valence-corrected chi connectivity index (χ3v) is 5.94. The van der Waals surface area contributed by atoms with Crippen LogP contribution in [0.2, 0.25) is 0 Å². The molecule has 6 heteroatoms. The van der Waals surface area contributed by atoms with Crippen molar-refractivity contribution in [2.24, 2.45) is 17.6 Å². The highest BCUT2D eigenvalue weighted by atomic mass is 32.1. The highest BCUT2D eigenvalue weighted by Crippen LogP contribution is 2.52. The predicted octanol–water partition coefficient (Wildman–Crippen LogP) is 2.32. The average molecular weight is 291 g/mol. The van der Waals surface area contributed by atoms with Gasteiger partial charge < -0.3 is 5.73 Å². The lowest BCUT2D eigenvalue weighted by Crippen LogP contribution is -2.34. The number of nitrogens with zero attached hydrogens (tertiary/aromatic N) is 4. The fourth-order valence-electron chi connectivity index (χ4n) is 3.94. The first-order chi connectivity index (χ1) is 9.45. The minimum absolute atomic E-state index is 0.0401. The molecule has 4 atom stereocenters. The molecule has 2 saturated carbocycles. The lowest BCUT2D eigenvalue weighted by atomic mass is 9.85. The summed E-state index contributed by atoms with van der Waals surface area (Å²) < 4.78 is 1.93. The summed E-state index contributed by atoms with van der Waals surface area (Å²) in [6.45, 7) is 6.43. The molecule has 2 bridgehead atoms. The Kier molecular flexibility index (Phi) is 2.55. The molecule has 2 aromatic rings. The molecule has 0 spiro atoms. The smallest absolute Gasteiger partial charge is 0.234 e. The van der Waals surface area contributed by atoms with Gasteiger partial charge in [-0.05, 0) is 31.1 Å². The van der Waals surface area contributed by atoms with Gasteiger partial charge in [0.25, 0.3) is 0 Å². The van der Waals surface area contributed by atoms with Crippen molar-refractivity contribution in [2.75, 3.05) is 0 Å². The summed E-state index contributed by atoms with van der Waals surface area (Å²) in [5.41, 5.74) is 6.39. The van der Waals surface area contributed by atoms with Crippen LogP contribution in [0.15, 0.2) is 0 Å². The van der Waals surface area contributed by atoms with Gasteiger partial charge in [0.05, 0.1) is 0 Å². The van der Waals surface area contributed by atoms with Gasteiger partial charge >= 0.3 is 0 Å². The molecule has 0 aromatic carbocycles. The fraction of sp³-hybridized carbons (Fsp3) is 0.786. The Morgan fingerprint density at radius 2 is 1.95 bits per heavy atom. The van der Waals surface area contributed by atoms with E-state index in [1.807, 2.05) is 4.52 Å². The number of nitrogens with two attached hydrogens (primary N) is 1. The zero-order valence-corrected chi connectivity index (χ0v) is 13.0. The zero-order chi connectivity index (χ0) is 14.1. The lowest BCUT2D eigenvalue weighted by Gasteiger charge is -2.25. The molecule has 108 valence electrons. The Labute approximate surface area is 122 Å². The van der Waals surface area contributed by atoms with E-state index in [1.54, 1.807) is 11.3 Å². The van der Waals surface area contributed by atoms with Crippen LogP contribution in [0.1, 0.15) is 56.8 Å². The topological polar surface area (TPSA) is 69.1 Å². The van der Waals surface area contributed by atoms with Gasteiger partial charge in [0.1, 0.15) is 5.01 Å². The van der Waals surface area contributed by atoms with Crippen molar-refractivity contribution >= 4 is 16.3 Å². The summed E-state index contributed by atoms with van der Waals surface area (Å²) in [7, 11) is 0. The Bertz CT molecular complexity index is 650. The number of rotatable bonds is 1. The van der Waals surface area contributed by atoms with Crippen molar-refractivity contribution < 1.29 is 0 Å². The number of aromatic nitrogens is 4. The quantitative estimate of drug-likeness (QED) is 0.875. The van der Waals surface area contributed by atoms with Gasteiger partial charge in [-0.25, -0.2) is 0 Å². The van der Waals surface area contributed by atoms with Gasteiger partial charge in [-0.1, -0.05) is 32.1 Å². The molecule has 2 aromatic heterocycles. The number of fused-ring (bicyclic) bond motifs is 3. The standard InChI is InChI=1S/C14H21N5S/c1-14(2,3)12-16-17-13-19(12)18-11(20-13)9-7-4-5-8(6-7)10(9)15/h7-10H,4-6,15H2,1-3H3. The molecule has 0 saturated heterocycles. The lowest BCUT2D eigenvalue weighted by molar-refractivity contribution is 0.362. The Morgan fingerprint density at radius 1 is 1.20 bits per heavy atom. The van der Waals surface area contributed by atoms with E-state index in [0.717, 1.165) is 16.7 Å². The largest absolute Gasteiger partial charge is 0.327 e. The van der Waals surface area contributed by atoms with Crippen molar-refractivity contribution in [1.29, 1.82) is 0 Å². The van der Waals surface area contributed by atoms with Crippen LogP contribution in [0.3, 0.4) is 0 Å². The third-order valence-electron chi connectivity index (χ3n) is 4.94. The monoisotopic (exact) mass is 291 g/mol. The van der Waals surface area contributed by atoms with E-state index in [9.17, 15) is 0 Å². The van der Waals surface area contributed by atoms with Gasteiger partial charge in [0.2, 0.25) is 4.96 Å². The van der Waals surface area contributed by atoms with E-state index in [4.69, 9.17) is 10.8 Å². The second-order valence-corrected chi connectivity index (χ2v) is 8.33. The molecule has 4 rings (SSSR count). The Balaban J connectivity index is 1.77. The van der Waals surface area contributed by atoms with Crippen LogP contribution >= 0.6 is 11.3 Å². The predicted molar refractivity (Wildman–Crippen MR) is 78.9 cm³/mol. The van der Waals surface area contributed by atoms with Crippen molar-refractivity contribution in [3.8, 4) is 0 Å². The fourth-order valence-corrected chi connectivity index (χ4v) is 5.03. The van der Waals surface area contributed by atoms with Gasteiger partial charge in [0.15, 0.2) is 5.82 Å². The summed E-state index contributed by atoms with van der Waals surface area (Å²) in [6.07, 6.45) is 3.91. The van der Waals surface area contributed by atoms with Crippen LogP contribution in [0.4, 0.5) is 0 Å². The van der Waals surface area contributed by atoms with E-state index in [1.165, 1.54) is 24.3 Å². The third kappa shape index (κ3) is 1.67. The highest BCUT2D eigenvalue weighted by molar-refractivity contribution is 7.16. The molecule has 4 unspecified atom stereocenters.